The summed E-state index contributed by atoms with van der Waals surface area (Å²) in [5.74, 6) is 2.13. The van der Waals surface area contributed by atoms with E-state index in [-0.39, 0.29) is 6.04 Å². The quantitative estimate of drug-likeness (QED) is 0.902. The average Bonchev–Trinajstić information content (AvgIpc) is 2.87. The zero-order valence-corrected chi connectivity index (χ0v) is 12.5. The first-order chi connectivity index (χ1) is 9.10. The van der Waals surface area contributed by atoms with Crippen molar-refractivity contribution in [1.82, 2.24) is 9.36 Å². The topological polar surface area (TPSA) is 47.0 Å². The van der Waals surface area contributed by atoms with Crippen LogP contribution in [0, 0.1) is 0 Å². The van der Waals surface area contributed by atoms with Crippen molar-refractivity contribution in [3.63, 3.8) is 0 Å². The Hall–Kier alpha value is -1.62. The second-order valence-electron chi connectivity index (χ2n) is 4.75. The molecule has 0 spiro atoms. The lowest BCUT2D eigenvalue weighted by molar-refractivity contribution is 0.414. The van der Waals surface area contributed by atoms with Crippen LogP contribution >= 0.6 is 11.5 Å². The molecule has 102 valence electrons. The van der Waals surface area contributed by atoms with E-state index in [1.807, 2.05) is 12.1 Å². The number of aromatic nitrogens is 2. The Balaban J connectivity index is 2.04. The Morgan fingerprint density at radius 3 is 2.37 bits per heavy atom. The molecular formula is C14H19N3OS. The minimum Gasteiger partial charge on any atom is -0.497 e. The van der Waals surface area contributed by atoms with Crippen molar-refractivity contribution >= 4 is 16.7 Å². The minimum absolute atomic E-state index is 0.193. The zero-order chi connectivity index (χ0) is 13.8. The number of nitrogens with one attached hydrogen (secondary N) is 1. The molecule has 0 saturated carbocycles. The zero-order valence-electron chi connectivity index (χ0n) is 11.7. The third kappa shape index (κ3) is 3.44. The maximum Gasteiger partial charge on any atom is 0.203 e. The van der Waals surface area contributed by atoms with Crippen LogP contribution in [0.5, 0.6) is 5.75 Å². The van der Waals surface area contributed by atoms with E-state index in [1.165, 1.54) is 17.1 Å². The van der Waals surface area contributed by atoms with Gasteiger partial charge >= 0.3 is 0 Å². The monoisotopic (exact) mass is 277 g/mol. The Morgan fingerprint density at radius 1 is 1.16 bits per heavy atom. The SMILES string of the molecule is COc1ccc(C(C)Nc2nc(C(C)C)ns2)cc1. The number of methoxy groups -OCH3 is 1. The van der Waals surface area contributed by atoms with Crippen molar-refractivity contribution < 1.29 is 4.74 Å². The van der Waals surface area contributed by atoms with Crippen molar-refractivity contribution in [2.24, 2.45) is 0 Å². The third-order valence-corrected chi connectivity index (χ3v) is 3.57. The van der Waals surface area contributed by atoms with Crippen LogP contribution in [-0.2, 0) is 0 Å². The van der Waals surface area contributed by atoms with Gasteiger partial charge in [0.1, 0.15) is 11.6 Å². The summed E-state index contributed by atoms with van der Waals surface area (Å²) in [6.45, 7) is 6.30. The lowest BCUT2D eigenvalue weighted by Gasteiger charge is -2.13. The van der Waals surface area contributed by atoms with Gasteiger partial charge in [-0.2, -0.15) is 4.37 Å². The first-order valence-corrected chi connectivity index (χ1v) is 7.11. The summed E-state index contributed by atoms with van der Waals surface area (Å²) in [4.78, 5) is 4.48. The van der Waals surface area contributed by atoms with Gasteiger partial charge < -0.3 is 10.1 Å². The normalized spacial score (nSPS) is 12.5. The van der Waals surface area contributed by atoms with Gasteiger partial charge in [-0.25, -0.2) is 4.98 Å². The van der Waals surface area contributed by atoms with Crippen LogP contribution in [-0.4, -0.2) is 16.5 Å². The maximum absolute atomic E-state index is 5.16. The predicted octanol–water partition coefficient (Wildman–Crippen LogP) is 3.84. The highest BCUT2D eigenvalue weighted by Crippen LogP contribution is 2.24. The molecule has 5 heteroatoms. The van der Waals surface area contributed by atoms with Crippen LogP contribution in [0.1, 0.15) is 44.1 Å². The molecule has 2 aromatic rings. The van der Waals surface area contributed by atoms with Gasteiger partial charge in [0.05, 0.1) is 13.2 Å². The Kier molecular flexibility index (Phi) is 4.37. The smallest absolute Gasteiger partial charge is 0.203 e. The van der Waals surface area contributed by atoms with Crippen molar-refractivity contribution in [2.75, 3.05) is 12.4 Å². The van der Waals surface area contributed by atoms with Gasteiger partial charge in [0, 0.05) is 17.5 Å². The molecule has 0 saturated heterocycles. The molecule has 0 amide bonds. The van der Waals surface area contributed by atoms with Crippen molar-refractivity contribution in [3.05, 3.63) is 35.7 Å². The van der Waals surface area contributed by atoms with Crippen LogP contribution in [0.15, 0.2) is 24.3 Å². The summed E-state index contributed by atoms with van der Waals surface area (Å²) in [6.07, 6.45) is 0. The summed E-state index contributed by atoms with van der Waals surface area (Å²) in [5.41, 5.74) is 1.20. The number of anilines is 1. The van der Waals surface area contributed by atoms with Crippen LogP contribution in [0.25, 0.3) is 0 Å². The van der Waals surface area contributed by atoms with Crippen molar-refractivity contribution in [2.45, 2.75) is 32.7 Å². The molecule has 1 atom stereocenters. The highest BCUT2D eigenvalue weighted by molar-refractivity contribution is 7.09. The molecule has 1 aromatic heterocycles. The standard InChI is InChI=1S/C14H19N3OS/c1-9(2)13-16-14(19-17-13)15-10(3)11-5-7-12(18-4)8-6-11/h5-10H,1-4H3,(H,15,16,17). The van der Waals surface area contributed by atoms with Crippen LogP contribution in [0.2, 0.25) is 0 Å². The highest BCUT2D eigenvalue weighted by atomic mass is 32.1. The van der Waals surface area contributed by atoms with E-state index in [1.54, 1.807) is 7.11 Å². The molecule has 0 bridgehead atoms. The number of benzene rings is 1. The van der Waals surface area contributed by atoms with Crippen LogP contribution in [0.4, 0.5) is 5.13 Å². The lowest BCUT2D eigenvalue weighted by Crippen LogP contribution is -2.06. The van der Waals surface area contributed by atoms with E-state index < -0.39 is 0 Å². The highest BCUT2D eigenvalue weighted by Gasteiger charge is 2.11. The van der Waals surface area contributed by atoms with Crippen molar-refractivity contribution in [1.29, 1.82) is 0 Å². The van der Waals surface area contributed by atoms with E-state index in [9.17, 15) is 0 Å². The van der Waals surface area contributed by atoms with Gasteiger partial charge in [-0.3, -0.25) is 0 Å². The average molecular weight is 277 g/mol. The lowest BCUT2D eigenvalue weighted by atomic mass is 10.1. The molecule has 0 aliphatic heterocycles. The predicted molar refractivity (Wildman–Crippen MR) is 79.0 cm³/mol. The third-order valence-electron chi connectivity index (χ3n) is 2.91. The van der Waals surface area contributed by atoms with E-state index in [2.05, 4.69) is 47.6 Å². The number of rotatable bonds is 5. The maximum atomic E-state index is 5.16. The van der Waals surface area contributed by atoms with Gasteiger partial charge in [0.2, 0.25) is 5.13 Å². The first kappa shape index (κ1) is 13.8. The van der Waals surface area contributed by atoms with Gasteiger partial charge in [0.25, 0.3) is 0 Å². The molecule has 0 fully saturated rings. The summed E-state index contributed by atoms with van der Waals surface area (Å²) < 4.78 is 9.49. The summed E-state index contributed by atoms with van der Waals surface area (Å²) in [5, 5.41) is 4.24. The van der Waals surface area contributed by atoms with E-state index in [0.29, 0.717) is 5.92 Å². The van der Waals surface area contributed by atoms with Crippen molar-refractivity contribution in [3.8, 4) is 5.75 Å². The number of ether oxygens (including phenoxy) is 1. The Morgan fingerprint density at radius 2 is 1.84 bits per heavy atom. The van der Waals surface area contributed by atoms with E-state index in [0.717, 1.165) is 16.7 Å². The van der Waals surface area contributed by atoms with Crippen LogP contribution in [0.3, 0.4) is 0 Å². The van der Waals surface area contributed by atoms with Crippen LogP contribution < -0.4 is 10.1 Å². The van der Waals surface area contributed by atoms with Gasteiger partial charge in [-0.15, -0.1) is 0 Å². The molecule has 2 rings (SSSR count). The summed E-state index contributed by atoms with van der Waals surface area (Å²) >= 11 is 1.41. The molecule has 4 nitrogen and oxygen atoms in total. The number of hydrogen-bond donors (Lipinski definition) is 1. The van der Waals surface area contributed by atoms with E-state index in [4.69, 9.17) is 4.74 Å². The van der Waals surface area contributed by atoms with Gasteiger partial charge in [0.15, 0.2) is 0 Å². The second kappa shape index (κ2) is 6.02. The molecule has 1 aromatic carbocycles. The largest absolute Gasteiger partial charge is 0.497 e. The summed E-state index contributed by atoms with van der Waals surface area (Å²) in [7, 11) is 1.67. The molecule has 0 radical (unpaired) electrons. The fourth-order valence-corrected chi connectivity index (χ4v) is 2.48. The first-order valence-electron chi connectivity index (χ1n) is 6.34. The summed E-state index contributed by atoms with van der Waals surface area (Å²) in [6, 6.07) is 8.24. The second-order valence-corrected chi connectivity index (χ2v) is 5.50. The molecule has 0 aliphatic carbocycles. The molecule has 1 heterocycles. The Labute approximate surface area is 118 Å². The molecule has 19 heavy (non-hydrogen) atoms. The number of nitrogens with zero attached hydrogens (tertiary/aromatic N) is 2. The molecule has 1 unspecified atom stereocenters. The fraction of sp³-hybridized carbons (Fsp3) is 0.429. The Bertz CT molecular complexity index is 522. The van der Waals surface area contributed by atoms with E-state index >= 15 is 0 Å². The molecule has 0 aliphatic rings. The minimum atomic E-state index is 0.193. The van der Waals surface area contributed by atoms with Gasteiger partial charge in [-0.1, -0.05) is 26.0 Å². The fourth-order valence-electron chi connectivity index (χ4n) is 1.69. The molecule has 1 N–H and O–H groups in total. The van der Waals surface area contributed by atoms with Gasteiger partial charge in [-0.05, 0) is 24.6 Å². The number of hydrogen-bond acceptors (Lipinski definition) is 5. The molecular weight excluding hydrogens is 258 g/mol.